The lowest BCUT2D eigenvalue weighted by Gasteiger charge is -2.05. The van der Waals surface area contributed by atoms with Gasteiger partial charge in [-0.05, 0) is 18.1 Å². The fourth-order valence-electron chi connectivity index (χ4n) is 2.24. The Kier molecular flexibility index (Phi) is 3.43. The Morgan fingerprint density at radius 3 is 2.95 bits per heavy atom. The Morgan fingerprint density at radius 2 is 2.10 bits per heavy atom. The second kappa shape index (κ2) is 5.38. The normalized spacial score (nSPS) is 12.7. The van der Waals surface area contributed by atoms with E-state index in [1.54, 1.807) is 0 Å². The van der Waals surface area contributed by atoms with E-state index < -0.39 is 0 Å². The second-order valence-corrected chi connectivity index (χ2v) is 4.85. The van der Waals surface area contributed by atoms with Gasteiger partial charge in [-0.1, -0.05) is 36.4 Å². The van der Waals surface area contributed by atoms with E-state index in [2.05, 4.69) is 33.5 Å². The number of hydrogen-bond acceptors (Lipinski definition) is 4. The number of fused-ring (bicyclic) bond motifs is 1. The van der Waals surface area contributed by atoms with Gasteiger partial charge < -0.3 is 5.73 Å². The van der Waals surface area contributed by atoms with Crippen LogP contribution in [0.1, 0.15) is 30.6 Å². The van der Waals surface area contributed by atoms with Gasteiger partial charge in [0, 0.05) is 11.6 Å². The summed E-state index contributed by atoms with van der Waals surface area (Å²) in [7, 11) is 0. The lowest BCUT2D eigenvalue weighted by molar-refractivity contribution is 0.646. The zero-order chi connectivity index (χ0) is 13.9. The predicted molar refractivity (Wildman–Crippen MR) is 78.1 cm³/mol. The summed E-state index contributed by atoms with van der Waals surface area (Å²) in [5, 5.41) is 9.41. The number of nitrogens with zero attached hydrogens (tertiary/aromatic N) is 4. The van der Waals surface area contributed by atoms with E-state index in [1.807, 2.05) is 36.1 Å². The molecule has 1 aromatic carbocycles. The largest absolute Gasteiger partial charge is 0.323 e. The van der Waals surface area contributed by atoms with Crippen LogP contribution < -0.4 is 5.73 Å². The molecule has 20 heavy (non-hydrogen) atoms. The number of hydrogen-bond donors (Lipinski definition) is 1. The van der Waals surface area contributed by atoms with E-state index in [0.29, 0.717) is 6.54 Å². The third kappa shape index (κ3) is 2.40. The summed E-state index contributed by atoms with van der Waals surface area (Å²) >= 11 is 0. The number of aromatic nitrogens is 4. The van der Waals surface area contributed by atoms with Gasteiger partial charge in [0.1, 0.15) is 0 Å². The lowest BCUT2D eigenvalue weighted by atomic mass is 10.1. The first kappa shape index (κ1) is 12.7. The molecule has 3 rings (SSSR count). The van der Waals surface area contributed by atoms with E-state index in [-0.39, 0.29) is 6.04 Å². The number of para-hydroxylation sites is 1. The van der Waals surface area contributed by atoms with Crippen LogP contribution in [0, 0.1) is 0 Å². The first-order valence-electron chi connectivity index (χ1n) is 6.76. The molecular weight excluding hydrogens is 250 g/mol. The van der Waals surface area contributed by atoms with E-state index in [1.165, 1.54) is 0 Å². The maximum Gasteiger partial charge on any atom is 0.0994 e. The van der Waals surface area contributed by atoms with Crippen molar-refractivity contribution in [2.75, 3.05) is 0 Å². The van der Waals surface area contributed by atoms with E-state index in [4.69, 9.17) is 5.73 Å². The van der Waals surface area contributed by atoms with Gasteiger partial charge in [0.25, 0.3) is 0 Å². The molecule has 5 heteroatoms. The van der Waals surface area contributed by atoms with Gasteiger partial charge in [-0.25, -0.2) is 4.68 Å². The monoisotopic (exact) mass is 267 g/mol. The van der Waals surface area contributed by atoms with Crippen LogP contribution in [0.25, 0.3) is 10.9 Å². The lowest BCUT2D eigenvalue weighted by Crippen LogP contribution is -2.08. The minimum Gasteiger partial charge on any atom is -0.323 e. The molecule has 2 heterocycles. The SMILES string of the molecule is CCC(N)c1cn(Cc2cccc3cccnc23)nn1. The summed E-state index contributed by atoms with van der Waals surface area (Å²) in [5.74, 6) is 0. The van der Waals surface area contributed by atoms with Gasteiger partial charge in [0.05, 0.1) is 30.0 Å². The summed E-state index contributed by atoms with van der Waals surface area (Å²) in [6.07, 6.45) is 4.58. The van der Waals surface area contributed by atoms with Crippen LogP contribution in [0.2, 0.25) is 0 Å². The molecule has 102 valence electrons. The molecule has 0 amide bonds. The summed E-state index contributed by atoms with van der Waals surface area (Å²) < 4.78 is 1.81. The standard InChI is InChI=1S/C15H17N5/c1-2-13(16)14-10-20(19-18-14)9-12-6-3-5-11-7-4-8-17-15(11)12/h3-8,10,13H,2,9,16H2,1H3. The average Bonchev–Trinajstić information content (AvgIpc) is 2.95. The molecule has 0 aliphatic rings. The summed E-state index contributed by atoms with van der Waals surface area (Å²) in [4.78, 5) is 4.45. The maximum atomic E-state index is 5.96. The van der Waals surface area contributed by atoms with Crippen molar-refractivity contribution in [1.29, 1.82) is 0 Å². The van der Waals surface area contributed by atoms with Gasteiger partial charge >= 0.3 is 0 Å². The zero-order valence-electron chi connectivity index (χ0n) is 11.4. The molecule has 2 N–H and O–H groups in total. The Morgan fingerprint density at radius 1 is 1.25 bits per heavy atom. The van der Waals surface area contributed by atoms with Crippen LogP contribution >= 0.6 is 0 Å². The molecule has 0 aliphatic carbocycles. The molecule has 3 aromatic rings. The van der Waals surface area contributed by atoms with E-state index in [9.17, 15) is 0 Å². The topological polar surface area (TPSA) is 69.6 Å². The first-order chi connectivity index (χ1) is 9.78. The molecule has 1 unspecified atom stereocenters. The van der Waals surface area contributed by atoms with Crippen molar-refractivity contribution >= 4 is 10.9 Å². The third-order valence-corrected chi connectivity index (χ3v) is 3.42. The highest BCUT2D eigenvalue weighted by molar-refractivity contribution is 5.81. The minimum atomic E-state index is -0.0469. The van der Waals surface area contributed by atoms with Crippen LogP contribution in [-0.4, -0.2) is 20.0 Å². The van der Waals surface area contributed by atoms with Crippen LogP contribution in [0.15, 0.2) is 42.7 Å². The summed E-state index contributed by atoms with van der Waals surface area (Å²) in [6, 6.07) is 10.1. The summed E-state index contributed by atoms with van der Waals surface area (Å²) in [6.45, 7) is 2.69. The van der Waals surface area contributed by atoms with Crippen molar-refractivity contribution in [3.05, 3.63) is 54.0 Å². The smallest absolute Gasteiger partial charge is 0.0994 e. The predicted octanol–water partition coefficient (Wildman–Crippen LogP) is 2.28. The number of nitrogens with two attached hydrogens (primary N) is 1. The maximum absolute atomic E-state index is 5.96. The quantitative estimate of drug-likeness (QED) is 0.787. The van der Waals surface area contributed by atoms with Crippen molar-refractivity contribution in [2.24, 2.45) is 5.73 Å². The van der Waals surface area contributed by atoms with Gasteiger partial charge in [-0.3, -0.25) is 4.98 Å². The van der Waals surface area contributed by atoms with Crippen molar-refractivity contribution in [1.82, 2.24) is 20.0 Å². The van der Waals surface area contributed by atoms with E-state index >= 15 is 0 Å². The van der Waals surface area contributed by atoms with Crippen LogP contribution in [0.3, 0.4) is 0 Å². The Balaban J connectivity index is 1.91. The van der Waals surface area contributed by atoms with Gasteiger partial charge in [-0.15, -0.1) is 5.10 Å². The molecule has 0 radical (unpaired) electrons. The fourth-order valence-corrected chi connectivity index (χ4v) is 2.24. The first-order valence-corrected chi connectivity index (χ1v) is 6.76. The van der Waals surface area contributed by atoms with Crippen molar-refractivity contribution in [2.45, 2.75) is 25.9 Å². The number of pyridine rings is 1. The van der Waals surface area contributed by atoms with Crippen molar-refractivity contribution in [3.8, 4) is 0 Å². The van der Waals surface area contributed by atoms with Gasteiger partial charge in [0.15, 0.2) is 0 Å². The van der Waals surface area contributed by atoms with Crippen molar-refractivity contribution < 1.29 is 0 Å². The number of benzene rings is 1. The highest BCUT2D eigenvalue weighted by atomic mass is 15.4. The highest BCUT2D eigenvalue weighted by Crippen LogP contribution is 2.17. The highest BCUT2D eigenvalue weighted by Gasteiger charge is 2.09. The molecule has 1 atom stereocenters. The van der Waals surface area contributed by atoms with Gasteiger partial charge in [-0.2, -0.15) is 0 Å². The molecule has 0 aliphatic heterocycles. The Hall–Kier alpha value is -2.27. The van der Waals surface area contributed by atoms with Crippen LogP contribution in [-0.2, 0) is 6.54 Å². The molecule has 0 bridgehead atoms. The average molecular weight is 267 g/mol. The summed E-state index contributed by atoms with van der Waals surface area (Å²) in [5.41, 5.74) is 8.93. The third-order valence-electron chi connectivity index (χ3n) is 3.42. The van der Waals surface area contributed by atoms with Crippen molar-refractivity contribution in [3.63, 3.8) is 0 Å². The van der Waals surface area contributed by atoms with Crippen LogP contribution in [0.4, 0.5) is 0 Å². The fraction of sp³-hybridized carbons (Fsp3) is 0.267. The molecular formula is C15H17N5. The molecule has 0 saturated carbocycles. The van der Waals surface area contributed by atoms with Crippen LogP contribution in [0.5, 0.6) is 0 Å². The Bertz CT molecular complexity index is 714. The molecule has 5 nitrogen and oxygen atoms in total. The minimum absolute atomic E-state index is 0.0469. The molecule has 0 saturated heterocycles. The van der Waals surface area contributed by atoms with Gasteiger partial charge in [0.2, 0.25) is 0 Å². The molecule has 2 aromatic heterocycles. The Labute approximate surface area is 117 Å². The molecule has 0 fully saturated rings. The van der Waals surface area contributed by atoms with E-state index in [0.717, 1.165) is 28.6 Å². The number of rotatable bonds is 4. The molecule has 0 spiro atoms. The second-order valence-electron chi connectivity index (χ2n) is 4.85. The zero-order valence-corrected chi connectivity index (χ0v) is 11.4.